The Labute approximate surface area is 80.5 Å². The van der Waals surface area contributed by atoms with Crippen molar-refractivity contribution >= 4 is 11.8 Å². The largest absolute Gasteiger partial charge is 0.158 e. The fourth-order valence-corrected chi connectivity index (χ4v) is 4.59. The normalized spacial score (nSPS) is 40.8. The molecule has 2 rings (SSSR count). The molecule has 0 nitrogen and oxygen atoms in total. The van der Waals surface area contributed by atoms with Crippen molar-refractivity contribution in [2.45, 2.75) is 45.3 Å². The summed E-state index contributed by atoms with van der Waals surface area (Å²) in [7, 11) is 0. The molecule has 1 aliphatic heterocycles. The van der Waals surface area contributed by atoms with Gasteiger partial charge in [-0.1, -0.05) is 27.2 Å². The number of hydrogen-bond donors (Lipinski definition) is 0. The molecule has 70 valence electrons. The van der Waals surface area contributed by atoms with Gasteiger partial charge >= 0.3 is 0 Å². The summed E-state index contributed by atoms with van der Waals surface area (Å²) >= 11 is 2.24. The molecule has 2 aliphatic rings. The molecule has 1 heteroatoms. The Morgan fingerprint density at radius 2 is 2.17 bits per heavy atom. The molecule has 12 heavy (non-hydrogen) atoms. The number of hydrogen-bond acceptors (Lipinski definition) is 1. The summed E-state index contributed by atoms with van der Waals surface area (Å²) in [6, 6.07) is 0. The molecule has 2 fully saturated rings. The Hall–Kier alpha value is 0.350. The van der Waals surface area contributed by atoms with Crippen LogP contribution in [-0.4, -0.2) is 11.0 Å². The Kier molecular flexibility index (Phi) is 2.18. The fraction of sp³-hybridized carbons (Fsp3) is 1.00. The molecule has 0 spiro atoms. The average Bonchev–Trinajstić information content (AvgIpc) is 2.32. The van der Waals surface area contributed by atoms with Crippen LogP contribution in [0.15, 0.2) is 0 Å². The average molecular weight is 184 g/mol. The summed E-state index contributed by atoms with van der Waals surface area (Å²) in [6.45, 7) is 7.24. The van der Waals surface area contributed by atoms with Gasteiger partial charge in [0.25, 0.3) is 0 Å². The highest BCUT2D eigenvalue weighted by Gasteiger charge is 2.49. The third-order valence-corrected chi connectivity index (χ3v) is 5.70. The van der Waals surface area contributed by atoms with Gasteiger partial charge in [0.1, 0.15) is 0 Å². The van der Waals surface area contributed by atoms with Crippen LogP contribution in [0.4, 0.5) is 0 Å². The van der Waals surface area contributed by atoms with Crippen LogP contribution < -0.4 is 0 Å². The Morgan fingerprint density at radius 3 is 2.75 bits per heavy atom. The highest BCUT2D eigenvalue weighted by atomic mass is 32.2. The van der Waals surface area contributed by atoms with Gasteiger partial charge in [0.15, 0.2) is 0 Å². The van der Waals surface area contributed by atoms with Crippen LogP contribution in [0.2, 0.25) is 0 Å². The summed E-state index contributed by atoms with van der Waals surface area (Å²) in [4.78, 5) is 0. The first-order valence-electron chi connectivity index (χ1n) is 5.27. The molecule has 0 aromatic carbocycles. The number of fused-ring (bicyclic) bond motifs is 1. The lowest BCUT2D eigenvalue weighted by Crippen LogP contribution is -2.44. The van der Waals surface area contributed by atoms with Gasteiger partial charge in [0.2, 0.25) is 0 Å². The van der Waals surface area contributed by atoms with E-state index >= 15 is 0 Å². The van der Waals surface area contributed by atoms with E-state index in [0.717, 1.165) is 17.1 Å². The maximum atomic E-state index is 2.45. The second-order valence-corrected chi connectivity index (χ2v) is 6.35. The monoisotopic (exact) mass is 184 g/mol. The lowest BCUT2D eigenvalue weighted by Gasteiger charge is -2.49. The van der Waals surface area contributed by atoms with Crippen LogP contribution in [-0.2, 0) is 0 Å². The molecule has 0 aromatic heterocycles. The molecule has 0 N–H and O–H groups in total. The van der Waals surface area contributed by atoms with Gasteiger partial charge in [-0.05, 0) is 35.8 Å². The zero-order chi connectivity index (χ0) is 8.77. The molecule has 3 atom stereocenters. The lowest BCUT2D eigenvalue weighted by atomic mass is 9.60. The predicted octanol–water partition coefficient (Wildman–Crippen LogP) is 3.56. The third kappa shape index (κ3) is 1.21. The number of rotatable bonds is 2. The van der Waals surface area contributed by atoms with Gasteiger partial charge in [-0.2, -0.15) is 11.8 Å². The van der Waals surface area contributed by atoms with E-state index in [4.69, 9.17) is 0 Å². The van der Waals surface area contributed by atoms with E-state index in [2.05, 4.69) is 32.5 Å². The van der Waals surface area contributed by atoms with Crippen molar-refractivity contribution in [2.75, 3.05) is 5.75 Å². The van der Waals surface area contributed by atoms with E-state index in [1.807, 2.05) is 0 Å². The first-order valence-corrected chi connectivity index (χ1v) is 6.31. The summed E-state index contributed by atoms with van der Waals surface area (Å²) < 4.78 is 0. The molecule has 3 unspecified atom stereocenters. The molecule has 1 aliphatic carbocycles. The van der Waals surface area contributed by atoms with Crippen molar-refractivity contribution in [1.29, 1.82) is 0 Å². The Bertz CT molecular complexity index is 174. The Balaban J connectivity index is 1.99. The molecular formula is C11H20S. The molecule has 0 amide bonds. The maximum absolute atomic E-state index is 2.45. The summed E-state index contributed by atoms with van der Waals surface area (Å²) in [5.41, 5.74) is 0.610. The molecular weight excluding hydrogens is 164 g/mol. The summed E-state index contributed by atoms with van der Waals surface area (Å²) in [5.74, 6) is 3.57. The van der Waals surface area contributed by atoms with Gasteiger partial charge < -0.3 is 0 Å². The fourth-order valence-electron chi connectivity index (χ4n) is 2.64. The zero-order valence-electron chi connectivity index (χ0n) is 8.47. The lowest BCUT2D eigenvalue weighted by molar-refractivity contribution is 0.0746. The minimum atomic E-state index is 0.610. The molecule has 1 saturated carbocycles. The van der Waals surface area contributed by atoms with Crippen LogP contribution in [0, 0.1) is 17.3 Å². The van der Waals surface area contributed by atoms with Crippen LogP contribution >= 0.6 is 11.8 Å². The van der Waals surface area contributed by atoms with Gasteiger partial charge in [0, 0.05) is 5.25 Å². The van der Waals surface area contributed by atoms with Crippen LogP contribution in [0.1, 0.15) is 40.0 Å². The highest BCUT2D eigenvalue weighted by Crippen LogP contribution is 2.57. The molecule has 0 aromatic rings. The summed E-state index contributed by atoms with van der Waals surface area (Å²) in [5, 5.41) is 1.04. The van der Waals surface area contributed by atoms with Crippen molar-refractivity contribution in [3.05, 3.63) is 0 Å². The molecule has 0 radical (unpaired) electrons. The van der Waals surface area contributed by atoms with Gasteiger partial charge in [-0.25, -0.2) is 0 Å². The predicted molar refractivity (Wildman–Crippen MR) is 56.5 cm³/mol. The Morgan fingerprint density at radius 1 is 1.42 bits per heavy atom. The topological polar surface area (TPSA) is 0 Å². The van der Waals surface area contributed by atoms with Gasteiger partial charge in [-0.3, -0.25) is 0 Å². The van der Waals surface area contributed by atoms with E-state index in [-0.39, 0.29) is 0 Å². The van der Waals surface area contributed by atoms with Gasteiger partial charge in [0.05, 0.1) is 0 Å². The van der Waals surface area contributed by atoms with E-state index in [9.17, 15) is 0 Å². The minimum absolute atomic E-state index is 0.610. The first kappa shape index (κ1) is 8.93. The van der Waals surface area contributed by atoms with Crippen LogP contribution in [0.3, 0.4) is 0 Å². The minimum Gasteiger partial charge on any atom is -0.158 e. The number of thioether (sulfide) groups is 1. The smallest absolute Gasteiger partial charge is 0.0109 e. The standard InChI is InChI=1S/C11H20S/c1-4-11(2,3)9-7-8-5-6-12-10(8)9/h8-10H,4-7H2,1-3H3. The van der Waals surface area contributed by atoms with Crippen molar-refractivity contribution in [2.24, 2.45) is 17.3 Å². The van der Waals surface area contributed by atoms with E-state index in [0.29, 0.717) is 5.41 Å². The zero-order valence-corrected chi connectivity index (χ0v) is 9.29. The summed E-state index contributed by atoms with van der Waals surface area (Å²) in [6.07, 6.45) is 4.38. The maximum Gasteiger partial charge on any atom is 0.0109 e. The van der Waals surface area contributed by atoms with E-state index in [1.165, 1.54) is 25.0 Å². The third-order valence-electron chi connectivity index (χ3n) is 4.13. The van der Waals surface area contributed by atoms with Crippen LogP contribution in [0.25, 0.3) is 0 Å². The van der Waals surface area contributed by atoms with Crippen molar-refractivity contribution < 1.29 is 0 Å². The SMILES string of the molecule is CCC(C)(C)C1CC2CCSC21. The van der Waals surface area contributed by atoms with Gasteiger partial charge in [-0.15, -0.1) is 0 Å². The second-order valence-electron chi connectivity index (χ2n) is 5.07. The molecule has 1 heterocycles. The molecule has 1 saturated heterocycles. The van der Waals surface area contributed by atoms with Crippen molar-refractivity contribution in [1.82, 2.24) is 0 Å². The van der Waals surface area contributed by atoms with Crippen molar-refractivity contribution in [3.8, 4) is 0 Å². The van der Waals surface area contributed by atoms with E-state index < -0.39 is 0 Å². The quantitative estimate of drug-likeness (QED) is 0.632. The van der Waals surface area contributed by atoms with Crippen molar-refractivity contribution in [3.63, 3.8) is 0 Å². The van der Waals surface area contributed by atoms with Crippen LogP contribution in [0.5, 0.6) is 0 Å². The first-order chi connectivity index (χ1) is 5.65. The highest BCUT2D eigenvalue weighted by molar-refractivity contribution is 8.00. The second kappa shape index (κ2) is 2.94. The molecule has 0 bridgehead atoms. The van der Waals surface area contributed by atoms with E-state index in [1.54, 1.807) is 0 Å².